The first-order chi connectivity index (χ1) is 10.1. The number of aryl methyl sites for hydroxylation is 1. The minimum absolute atomic E-state index is 0.496. The molecule has 0 aliphatic rings. The van der Waals surface area contributed by atoms with Gasteiger partial charge in [0.1, 0.15) is 0 Å². The molecule has 0 spiro atoms. The maximum absolute atomic E-state index is 6.00. The molecule has 0 saturated carbocycles. The van der Waals surface area contributed by atoms with Crippen LogP contribution in [-0.4, -0.2) is 20.2 Å². The molecule has 0 unspecified atom stereocenters. The summed E-state index contributed by atoms with van der Waals surface area (Å²) in [6, 6.07) is 13.5. The van der Waals surface area contributed by atoms with Crippen LogP contribution in [0.5, 0.6) is 0 Å². The van der Waals surface area contributed by atoms with Crippen molar-refractivity contribution in [3.8, 4) is 11.4 Å². The van der Waals surface area contributed by atoms with E-state index in [1.54, 1.807) is 12.1 Å². The highest BCUT2D eigenvalue weighted by Crippen LogP contribution is 2.23. The smallest absolute Gasteiger partial charge is 0.159 e. The molecule has 0 radical (unpaired) electrons. The third-order valence-corrected chi connectivity index (χ3v) is 3.81. The number of hydrogen-bond acceptors (Lipinski definition) is 3. The van der Waals surface area contributed by atoms with Crippen LogP contribution < -0.4 is 0 Å². The maximum Gasteiger partial charge on any atom is 0.204 e. The van der Waals surface area contributed by atoms with Crippen LogP contribution in [0.2, 0.25) is 10.0 Å². The molecule has 2 aromatic carbocycles. The van der Waals surface area contributed by atoms with Gasteiger partial charge in [-0.3, -0.25) is 0 Å². The van der Waals surface area contributed by atoms with Crippen molar-refractivity contribution in [1.82, 2.24) is 20.2 Å². The Morgan fingerprint density at radius 3 is 2.48 bits per heavy atom. The summed E-state index contributed by atoms with van der Waals surface area (Å²) in [5, 5.41) is 13.6. The quantitative estimate of drug-likeness (QED) is 0.733. The summed E-state index contributed by atoms with van der Waals surface area (Å²) in [4.78, 5) is 1.54. The highest BCUT2D eigenvalue weighted by atomic mass is 35.5. The van der Waals surface area contributed by atoms with Crippen molar-refractivity contribution in [2.45, 2.75) is 13.5 Å². The van der Waals surface area contributed by atoms with Gasteiger partial charge in [-0.15, -0.1) is 10.2 Å². The average Bonchev–Trinajstić information content (AvgIpc) is 2.92. The van der Waals surface area contributed by atoms with Crippen molar-refractivity contribution in [2.75, 3.05) is 0 Å². The molecule has 0 atom stereocenters. The van der Waals surface area contributed by atoms with Crippen molar-refractivity contribution >= 4 is 23.2 Å². The van der Waals surface area contributed by atoms with Gasteiger partial charge >= 0.3 is 0 Å². The number of nitrogens with zero attached hydrogens (tertiary/aromatic N) is 4. The predicted octanol–water partition coefficient (Wildman–Crippen LogP) is 4.00. The highest BCUT2D eigenvalue weighted by Gasteiger charge is 2.07. The molecule has 4 nitrogen and oxygen atoms in total. The average molecular weight is 319 g/mol. The van der Waals surface area contributed by atoms with Crippen molar-refractivity contribution in [2.24, 2.45) is 0 Å². The van der Waals surface area contributed by atoms with Crippen molar-refractivity contribution < 1.29 is 0 Å². The predicted molar refractivity (Wildman–Crippen MR) is 83.6 cm³/mol. The number of benzene rings is 2. The van der Waals surface area contributed by atoms with Crippen LogP contribution in [0.25, 0.3) is 11.4 Å². The molecule has 3 aromatic rings. The Hall–Kier alpha value is -1.91. The number of hydrogen-bond donors (Lipinski definition) is 0. The Kier molecular flexibility index (Phi) is 3.90. The second-order valence-electron chi connectivity index (χ2n) is 4.76. The molecular weight excluding hydrogens is 307 g/mol. The summed E-state index contributed by atoms with van der Waals surface area (Å²) >= 11 is 11.9. The Bertz CT molecular complexity index is 766. The van der Waals surface area contributed by atoms with Gasteiger partial charge in [0.05, 0.1) is 16.6 Å². The number of tetrazole rings is 1. The topological polar surface area (TPSA) is 43.6 Å². The van der Waals surface area contributed by atoms with Gasteiger partial charge in [-0.25, -0.2) is 0 Å². The van der Waals surface area contributed by atoms with Gasteiger partial charge in [0.25, 0.3) is 0 Å². The molecule has 0 bridgehead atoms. The van der Waals surface area contributed by atoms with Crippen LogP contribution in [0.4, 0.5) is 0 Å². The third-order valence-electron chi connectivity index (χ3n) is 3.07. The molecule has 3 rings (SSSR count). The monoisotopic (exact) mass is 318 g/mol. The molecule has 1 aromatic heterocycles. The SMILES string of the molecule is Cc1ccc(-c2nnn(Cc3ccc(Cl)c(Cl)c3)n2)cc1. The third kappa shape index (κ3) is 3.23. The van der Waals surface area contributed by atoms with Crippen LogP contribution in [0, 0.1) is 6.92 Å². The van der Waals surface area contributed by atoms with E-state index in [0.717, 1.165) is 11.1 Å². The van der Waals surface area contributed by atoms with Gasteiger partial charge in [0, 0.05) is 5.56 Å². The number of rotatable bonds is 3. The first-order valence-corrected chi connectivity index (χ1v) is 7.16. The summed E-state index contributed by atoms with van der Waals surface area (Å²) in [6.45, 7) is 2.54. The van der Waals surface area contributed by atoms with Gasteiger partial charge in [-0.2, -0.15) is 4.80 Å². The van der Waals surface area contributed by atoms with Crippen LogP contribution in [0.3, 0.4) is 0 Å². The van der Waals surface area contributed by atoms with E-state index in [-0.39, 0.29) is 0 Å². The standard InChI is InChI=1S/C15H12Cl2N4/c1-10-2-5-12(6-3-10)15-18-20-21(19-15)9-11-4-7-13(16)14(17)8-11/h2-8H,9H2,1H3. The molecular formula is C15H12Cl2N4. The fourth-order valence-corrected chi connectivity index (χ4v) is 2.25. The van der Waals surface area contributed by atoms with Gasteiger partial charge in [0.2, 0.25) is 5.82 Å². The second kappa shape index (κ2) is 5.84. The molecule has 0 saturated heterocycles. The van der Waals surface area contributed by atoms with Crippen LogP contribution in [-0.2, 0) is 6.54 Å². The van der Waals surface area contributed by atoms with Crippen LogP contribution in [0.15, 0.2) is 42.5 Å². The Morgan fingerprint density at radius 2 is 1.76 bits per heavy atom. The number of aromatic nitrogens is 4. The summed E-state index contributed by atoms with van der Waals surface area (Å²) in [5.74, 6) is 0.607. The van der Waals surface area contributed by atoms with Crippen molar-refractivity contribution in [1.29, 1.82) is 0 Å². The molecule has 0 amide bonds. The highest BCUT2D eigenvalue weighted by molar-refractivity contribution is 6.42. The fourth-order valence-electron chi connectivity index (χ4n) is 1.93. The van der Waals surface area contributed by atoms with Gasteiger partial charge in [-0.05, 0) is 29.8 Å². The number of halogens is 2. The van der Waals surface area contributed by atoms with Crippen LogP contribution >= 0.6 is 23.2 Å². The van der Waals surface area contributed by atoms with E-state index in [4.69, 9.17) is 23.2 Å². The zero-order valence-electron chi connectivity index (χ0n) is 11.3. The lowest BCUT2D eigenvalue weighted by Gasteiger charge is -2.01. The minimum Gasteiger partial charge on any atom is -0.159 e. The van der Waals surface area contributed by atoms with Crippen molar-refractivity contribution in [3.05, 3.63) is 63.6 Å². The first kappa shape index (κ1) is 14.0. The first-order valence-electron chi connectivity index (χ1n) is 6.40. The van der Waals surface area contributed by atoms with Gasteiger partial charge in [-0.1, -0.05) is 59.1 Å². The van der Waals surface area contributed by atoms with E-state index >= 15 is 0 Å². The Morgan fingerprint density at radius 1 is 1.00 bits per heavy atom. The van der Waals surface area contributed by atoms with E-state index in [9.17, 15) is 0 Å². The lowest BCUT2D eigenvalue weighted by molar-refractivity contribution is 0.573. The van der Waals surface area contributed by atoms with E-state index < -0.39 is 0 Å². The van der Waals surface area contributed by atoms with Crippen molar-refractivity contribution in [3.63, 3.8) is 0 Å². The van der Waals surface area contributed by atoms with Gasteiger partial charge in [0.15, 0.2) is 0 Å². The normalized spacial score (nSPS) is 10.8. The fraction of sp³-hybridized carbons (Fsp3) is 0.133. The lowest BCUT2D eigenvalue weighted by atomic mass is 10.1. The maximum atomic E-state index is 6.00. The summed E-state index contributed by atoms with van der Waals surface area (Å²) in [6.07, 6.45) is 0. The molecule has 21 heavy (non-hydrogen) atoms. The Balaban J connectivity index is 1.81. The molecule has 0 aliphatic heterocycles. The molecule has 0 fully saturated rings. The molecule has 1 heterocycles. The molecule has 0 N–H and O–H groups in total. The van der Waals surface area contributed by atoms with E-state index in [0.29, 0.717) is 22.4 Å². The zero-order valence-corrected chi connectivity index (χ0v) is 12.8. The van der Waals surface area contributed by atoms with E-state index in [1.165, 1.54) is 10.4 Å². The lowest BCUT2D eigenvalue weighted by Crippen LogP contribution is -2.04. The van der Waals surface area contributed by atoms with E-state index in [1.807, 2.05) is 37.3 Å². The minimum atomic E-state index is 0.496. The summed E-state index contributed by atoms with van der Waals surface area (Å²) < 4.78 is 0. The van der Waals surface area contributed by atoms with E-state index in [2.05, 4.69) is 15.4 Å². The Labute approximate surface area is 132 Å². The largest absolute Gasteiger partial charge is 0.204 e. The second-order valence-corrected chi connectivity index (χ2v) is 5.57. The molecule has 0 aliphatic carbocycles. The zero-order chi connectivity index (χ0) is 14.8. The van der Waals surface area contributed by atoms with Crippen LogP contribution in [0.1, 0.15) is 11.1 Å². The molecule has 106 valence electrons. The summed E-state index contributed by atoms with van der Waals surface area (Å²) in [5.41, 5.74) is 3.11. The van der Waals surface area contributed by atoms with Gasteiger partial charge < -0.3 is 0 Å². The summed E-state index contributed by atoms with van der Waals surface area (Å²) in [7, 11) is 0. The molecule has 6 heteroatoms.